The van der Waals surface area contributed by atoms with E-state index in [1.807, 2.05) is 13.0 Å². The number of hydrogen-bond donors (Lipinski definition) is 0. The Kier molecular flexibility index (Phi) is 4.73. The van der Waals surface area contributed by atoms with Crippen LogP contribution in [0.3, 0.4) is 0 Å². The summed E-state index contributed by atoms with van der Waals surface area (Å²) in [7, 11) is 0. The number of nitrogens with zero attached hydrogens (tertiary/aromatic N) is 5. The van der Waals surface area contributed by atoms with Crippen LogP contribution < -0.4 is 0 Å². The molecule has 1 saturated heterocycles. The summed E-state index contributed by atoms with van der Waals surface area (Å²) >= 11 is 0. The molecule has 0 saturated carbocycles. The lowest BCUT2D eigenvalue weighted by Crippen LogP contribution is -2.46. The Balaban J connectivity index is 1.55. The van der Waals surface area contributed by atoms with Crippen molar-refractivity contribution in [2.45, 2.75) is 52.6 Å². The summed E-state index contributed by atoms with van der Waals surface area (Å²) in [6, 6.07) is 2.14. The first-order valence-corrected chi connectivity index (χ1v) is 8.55. The van der Waals surface area contributed by atoms with Crippen molar-refractivity contribution >= 4 is 0 Å². The highest BCUT2D eigenvalue weighted by molar-refractivity contribution is 5.04. The van der Waals surface area contributed by atoms with Gasteiger partial charge in [-0.25, -0.2) is 0 Å². The van der Waals surface area contributed by atoms with Crippen LogP contribution in [0.2, 0.25) is 0 Å². The second-order valence-electron chi connectivity index (χ2n) is 7.63. The number of hydrogen-bond acceptors (Lipinski definition) is 7. The summed E-state index contributed by atoms with van der Waals surface area (Å²) in [5, 5.41) is 8.08. The summed E-state index contributed by atoms with van der Waals surface area (Å²) in [6.07, 6.45) is 0. The van der Waals surface area contributed by atoms with Gasteiger partial charge in [-0.2, -0.15) is 4.98 Å². The normalized spacial score (nSPS) is 18.9. The maximum Gasteiger partial charge on any atom is 0.243 e. The number of piperazine rings is 1. The van der Waals surface area contributed by atoms with Crippen molar-refractivity contribution in [1.82, 2.24) is 25.1 Å². The fraction of sp³-hybridized carbons (Fsp3) is 0.706. The van der Waals surface area contributed by atoms with Gasteiger partial charge in [-0.1, -0.05) is 31.1 Å². The molecular formula is C17H27N5O2. The molecule has 0 bridgehead atoms. The standard InChI is InChI=1S/C17H27N5O2/c1-12-10-14(23-19-12)11-21-6-8-22(9-7-21)13(2)15-18-16(20-24-15)17(3,4)5/h10,13H,6-9,11H2,1-5H3/t13-/m1/s1. The van der Waals surface area contributed by atoms with Crippen LogP contribution in [0.15, 0.2) is 15.1 Å². The first kappa shape index (κ1) is 17.1. The second-order valence-corrected chi connectivity index (χ2v) is 7.63. The maximum atomic E-state index is 5.49. The molecule has 24 heavy (non-hydrogen) atoms. The van der Waals surface area contributed by atoms with Crippen molar-refractivity contribution < 1.29 is 9.05 Å². The number of aromatic nitrogens is 3. The summed E-state index contributed by atoms with van der Waals surface area (Å²) in [6.45, 7) is 15.1. The van der Waals surface area contributed by atoms with Crippen LogP contribution in [0.1, 0.15) is 56.9 Å². The van der Waals surface area contributed by atoms with E-state index in [9.17, 15) is 0 Å². The van der Waals surface area contributed by atoms with E-state index < -0.39 is 0 Å². The Hall–Kier alpha value is -1.73. The molecule has 0 spiro atoms. The average molecular weight is 333 g/mol. The van der Waals surface area contributed by atoms with E-state index >= 15 is 0 Å². The predicted octanol–water partition coefficient (Wildman–Crippen LogP) is 2.54. The molecule has 0 N–H and O–H groups in total. The molecule has 3 heterocycles. The molecule has 1 atom stereocenters. The highest BCUT2D eigenvalue weighted by Crippen LogP contribution is 2.24. The van der Waals surface area contributed by atoms with E-state index in [1.54, 1.807) is 0 Å². The third kappa shape index (κ3) is 3.84. The van der Waals surface area contributed by atoms with Crippen LogP contribution in [0.25, 0.3) is 0 Å². The molecule has 0 radical (unpaired) electrons. The Morgan fingerprint density at radius 1 is 1.12 bits per heavy atom. The van der Waals surface area contributed by atoms with Crippen molar-refractivity contribution in [2.24, 2.45) is 0 Å². The highest BCUT2D eigenvalue weighted by atomic mass is 16.5. The van der Waals surface area contributed by atoms with Gasteiger partial charge in [-0.3, -0.25) is 9.80 Å². The highest BCUT2D eigenvalue weighted by Gasteiger charge is 2.28. The van der Waals surface area contributed by atoms with Crippen molar-refractivity contribution in [1.29, 1.82) is 0 Å². The van der Waals surface area contributed by atoms with Gasteiger partial charge in [0.2, 0.25) is 5.89 Å². The topological polar surface area (TPSA) is 71.4 Å². The monoisotopic (exact) mass is 333 g/mol. The average Bonchev–Trinajstić information content (AvgIpc) is 3.16. The zero-order valence-electron chi connectivity index (χ0n) is 15.2. The minimum absolute atomic E-state index is 0.0879. The Labute approximate surface area is 143 Å². The van der Waals surface area contributed by atoms with Gasteiger partial charge < -0.3 is 9.05 Å². The van der Waals surface area contributed by atoms with Crippen molar-refractivity contribution in [3.63, 3.8) is 0 Å². The fourth-order valence-electron chi connectivity index (χ4n) is 2.89. The molecule has 132 valence electrons. The van der Waals surface area contributed by atoms with E-state index in [2.05, 4.69) is 52.8 Å². The molecule has 2 aromatic rings. The molecule has 1 aliphatic rings. The minimum Gasteiger partial charge on any atom is -0.360 e. The predicted molar refractivity (Wildman–Crippen MR) is 89.5 cm³/mol. The lowest BCUT2D eigenvalue weighted by Gasteiger charge is -2.36. The molecule has 0 amide bonds. The Morgan fingerprint density at radius 2 is 1.83 bits per heavy atom. The van der Waals surface area contributed by atoms with Gasteiger partial charge in [0, 0.05) is 37.7 Å². The van der Waals surface area contributed by atoms with Gasteiger partial charge in [0.15, 0.2) is 11.6 Å². The van der Waals surface area contributed by atoms with E-state index in [-0.39, 0.29) is 11.5 Å². The molecule has 1 fully saturated rings. The van der Waals surface area contributed by atoms with Crippen LogP contribution in [0, 0.1) is 6.92 Å². The molecule has 0 aromatic carbocycles. The summed E-state index contributed by atoms with van der Waals surface area (Å²) in [5.74, 6) is 2.41. The third-order valence-corrected chi connectivity index (χ3v) is 4.48. The van der Waals surface area contributed by atoms with E-state index in [0.29, 0.717) is 5.89 Å². The van der Waals surface area contributed by atoms with Gasteiger partial charge in [-0.15, -0.1) is 0 Å². The minimum atomic E-state index is -0.0879. The summed E-state index contributed by atoms with van der Waals surface area (Å²) in [5.41, 5.74) is 0.846. The van der Waals surface area contributed by atoms with Crippen LogP contribution in [0.4, 0.5) is 0 Å². The molecule has 1 aliphatic heterocycles. The summed E-state index contributed by atoms with van der Waals surface area (Å²) in [4.78, 5) is 9.37. The van der Waals surface area contributed by atoms with E-state index in [4.69, 9.17) is 9.05 Å². The van der Waals surface area contributed by atoms with E-state index in [1.165, 1.54) is 0 Å². The second kappa shape index (κ2) is 6.64. The van der Waals surface area contributed by atoms with E-state index in [0.717, 1.165) is 50.0 Å². The molecule has 2 aromatic heterocycles. The van der Waals surface area contributed by atoms with Crippen molar-refractivity contribution in [3.8, 4) is 0 Å². The number of rotatable bonds is 4. The molecule has 3 rings (SSSR count). The van der Waals surface area contributed by atoms with Crippen molar-refractivity contribution in [2.75, 3.05) is 26.2 Å². The molecular weight excluding hydrogens is 306 g/mol. The van der Waals surface area contributed by atoms with Crippen LogP contribution in [-0.2, 0) is 12.0 Å². The van der Waals surface area contributed by atoms with Crippen LogP contribution in [-0.4, -0.2) is 51.3 Å². The molecule has 0 aliphatic carbocycles. The van der Waals surface area contributed by atoms with Crippen molar-refractivity contribution in [3.05, 3.63) is 29.2 Å². The Bertz CT molecular complexity index is 665. The molecule has 7 nitrogen and oxygen atoms in total. The maximum absolute atomic E-state index is 5.49. The van der Waals surface area contributed by atoms with Gasteiger partial charge >= 0.3 is 0 Å². The molecule has 0 unspecified atom stereocenters. The van der Waals surface area contributed by atoms with Gasteiger partial charge in [0.1, 0.15) is 0 Å². The molecule has 7 heteroatoms. The SMILES string of the molecule is Cc1cc(CN2CCN([C@H](C)c3nc(C(C)(C)C)no3)CC2)on1. The number of aryl methyl sites for hydroxylation is 1. The lowest BCUT2D eigenvalue weighted by molar-refractivity contribution is 0.0795. The fourth-order valence-corrected chi connectivity index (χ4v) is 2.89. The van der Waals surface area contributed by atoms with Gasteiger partial charge in [-0.05, 0) is 13.8 Å². The first-order valence-electron chi connectivity index (χ1n) is 8.55. The smallest absolute Gasteiger partial charge is 0.243 e. The van der Waals surface area contributed by atoms with Gasteiger partial charge in [0.25, 0.3) is 0 Å². The zero-order valence-corrected chi connectivity index (χ0v) is 15.2. The third-order valence-electron chi connectivity index (χ3n) is 4.48. The largest absolute Gasteiger partial charge is 0.360 e. The first-order chi connectivity index (χ1) is 11.3. The Morgan fingerprint density at radius 3 is 2.38 bits per heavy atom. The lowest BCUT2D eigenvalue weighted by atomic mass is 9.96. The van der Waals surface area contributed by atoms with Gasteiger partial charge in [0.05, 0.1) is 18.3 Å². The quantitative estimate of drug-likeness (QED) is 0.851. The summed E-state index contributed by atoms with van der Waals surface area (Å²) < 4.78 is 10.8. The zero-order chi connectivity index (χ0) is 17.3. The van der Waals surface area contributed by atoms with Crippen LogP contribution >= 0.6 is 0 Å². The van der Waals surface area contributed by atoms with Crippen LogP contribution in [0.5, 0.6) is 0 Å².